The van der Waals surface area contributed by atoms with Gasteiger partial charge in [-0.1, -0.05) is 30.3 Å². The van der Waals surface area contributed by atoms with Gasteiger partial charge in [0.1, 0.15) is 19.0 Å². The Balaban J connectivity index is 1.62. The van der Waals surface area contributed by atoms with Crippen LogP contribution in [-0.4, -0.2) is 25.1 Å². The highest BCUT2D eigenvalue weighted by molar-refractivity contribution is 6.07. The van der Waals surface area contributed by atoms with Gasteiger partial charge in [-0.2, -0.15) is 0 Å². The first-order valence-electron chi connectivity index (χ1n) is 8.86. The van der Waals surface area contributed by atoms with Crippen LogP contribution in [0.25, 0.3) is 0 Å². The number of amides is 1. The quantitative estimate of drug-likeness (QED) is 0.487. The summed E-state index contributed by atoms with van der Waals surface area (Å²) in [7, 11) is 0. The molecule has 0 aliphatic carbocycles. The molecule has 0 spiro atoms. The van der Waals surface area contributed by atoms with E-state index in [1.165, 1.54) is 6.26 Å². The van der Waals surface area contributed by atoms with Crippen LogP contribution in [0.1, 0.15) is 32.0 Å². The van der Waals surface area contributed by atoms with Gasteiger partial charge in [0.15, 0.2) is 5.76 Å². The van der Waals surface area contributed by atoms with E-state index in [2.05, 4.69) is 5.32 Å². The molecule has 0 radical (unpaired) electrons. The maximum Gasteiger partial charge on any atom is 0.340 e. The highest BCUT2D eigenvalue weighted by Gasteiger charge is 2.18. The largest absolute Gasteiger partial charge is 0.490 e. The second-order valence-electron chi connectivity index (χ2n) is 6.18. The standard InChI is InChI=1S/C22H21NO5/c1-15-7-3-4-10-18(15)27-13-14-28-22(25)17-9-5-8-16(2)20(17)23-21(24)19-11-6-12-26-19/h3-12H,13-14H2,1-2H3,(H,23,24). The Morgan fingerprint density at radius 2 is 1.71 bits per heavy atom. The highest BCUT2D eigenvalue weighted by Crippen LogP contribution is 2.23. The Bertz CT molecular complexity index is 963. The number of rotatable bonds is 7. The van der Waals surface area contributed by atoms with Gasteiger partial charge in [-0.3, -0.25) is 4.79 Å². The summed E-state index contributed by atoms with van der Waals surface area (Å²) < 4.78 is 16.0. The van der Waals surface area contributed by atoms with Crippen molar-refractivity contribution in [2.24, 2.45) is 0 Å². The summed E-state index contributed by atoms with van der Waals surface area (Å²) in [5.41, 5.74) is 2.42. The molecule has 0 aliphatic rings. The fourth-order valence-electron chi connectivity index (χ4n) is 2.67. The van der Waals surface area contributed by atoms with Crippen molar-refractivity contribution in [1.82, 2.24) is 0 Å². The second kappa shape index (κ2) is 8.90. The van der Waals surface area contributed by atoms with Crippen LogP contribution in [0.4, 0.5) is 5.69 Å². The number of anilines is 1. The molecule has 28 heavy (non-hydrogen) atoms. The smallest absolute Gasteiger partial charge is 0.340 e. The number of benzene rings is 2. The van der Waals surface area contributed by atoms with Crippen LogP contribution in [0.2, 0.25) is 0 Å². The van der Waals surface area contributed by atoms with E-state index in [4.69, 9.17) is 13.9 Å². The monoisotopic (exact) mass is 379 g/mol. The molecule has 0 saturated heterocycles. The molecule has 3 rings (SSSR count). The van der Waals surface area contributed by atoms with Crippen molar-refractivity contribution in [3.8, 4) is 5.75 Å². The molecule has 1 heterocycles. The summed E-state index contributed by atoms with van der Waals surface area (Å²) in [4.78, 5) is 24.8. The molecule has 1 aromatic heterocycles. The first-order chi connectivity index (χ1) is 13.6. The number of hydrogen-bond acceptors (Lipinski definition) is 5. The number of esters is 1. The molecule has 3 aromatic rings. The molecule has 0 saturated carbocycles. The lowest BCUT2D eigenvalue weighted by molar-refractivity contribution is 0.0451. The van der Waals surface area contributed by atoms with Gasteiger partial charge in [0, 0.05) is 0 Å². The van der Waals surface area contributed by atoms with E-state index in [1.54, 1.807) is 37.3 Å². The van der Waals surface area contributed by atoms with Crippen molar-refractivity contribution in [2.45, 2.75) is 13.8 Å². The third kappa shape index (κ3) is 4.59. The summed E-state index contributed by atoms with van der Waals surface area (Å²) >= 11 is 0. The summed E-state index contributed by atoms with van der Waals surface area (Å²) in [5, 5.41) is 2.72. The minimum Gasteiger partial charge on any atom is -0.490 e. The number of carbonyl (C=O) groups excluding carboxylic acids is 2. The number of para-hydroxylation sites is 2. The average Bonchev–Trinajstić information content (AvgIpc) is 3.23. The molecule has 6 heteroatoms. The summed E-state index contributed by atoms with van der Waals surface area (Å²) in [5.74, 6) is -0.0576. The number of furan rings is 1. The fourth-order valence-corrected chi connectivity index (χ4v) is 2.67. The SMILES string of the molecule is Cc1ccccc1OCCOC(=O)c1cccc(C)c1NC(=O)c1ccco1. The predicted octanol–water partition coefficient (Wildman–Crippen LogP) is 4.38. The first-order valence-corrected chi connectivity index (χ1v) is 8.86. The van der Waals surface area contributed by atoms with Crippen molar-refractivity contribution in [3.05, 3.63) is 83.3 Å². The molecule has 0 unspecified atom stereocenters. The predicted molar refractivity (Wildman–Crippen MR) is 105 cm³/mol. The van der Waals surface area contributed by atoms with E-state index < -0.39 is 11.9 Å². The number of nitrogens with one attached hydrogen (secondary N) is 1. The second-order valence-corrected chi connectivity index (χ2v) is 6.18. The lowest BCUT2D eigenvalue weighted by Crippen LogP contribution is -2.18. The van der Waals surface area contributed by atoms with Crippen molar-refractivity contribution < 1.29 is 23.5 Å². The van der Waals surface area contributed by atoms with E-state index in [-0.39, 0.29) is 24.5 Å². The topological polar surface area (TPSA) is 77.8 Å². The molecule has 144 valence electrons. The van der Waals surface area contributed by atoms with Crippen LogP contribution in [-0.2, 0) is 4.74 Å². The van der Waals surface area contributed by atoms with Crippen LogP contribution >= 0.6 is 0 Å². The number of aryl methyl sites for hydroxylation is 2. The van der Waals surface area contributed by atoms with Gasteiger partial charge < -0.3 is 19.2 Å². The van der Waals surface area contributed by atoms with Crippen LogP contribution in [0.3, 0.4) is 0 Å². The van der Waals surface area contributed by atoms with Gasteiger partial charge in [0.25, 0.3) is 5.91 Å². The maximum absolute atomic E-state index is 12.5. The summed E-state index contributed by atoms with van der Waals surface area (Å²) in [6, 6.07) is 15.9. The zero-order valence-electron chi connectivity index (χ0n) is 15.7. The molecule has 0 bridgehead atoms. The summed E-state index contributed by atoms with van der Waals surface area (Å²) in [6.45, 7) is 4.07. The zero-order valence-corrected chi connectivity index (χ0v) is 15.7. The molecular formula is C22H21NO5. The van der Waals surface area contributed by atoms with E-state index in [9.17, 15) is 9.59 Å². The highest BCUT2D eigenvalue weighted by atomic mass is 16.6. The maximum atomic E-state index is 12.5. The van der Waals surface area contributed by atoms with Crippen LogP contribution in [0, 0.1) is 13.8 Å². The van der Waals surface area contributed by atoms with Crippen molar-refractivity contribution in [1.29, 1.82) is 0 Å². The normalized spacial score (nSPS) is 10.4. The minimum absolute atomic E-state index is 0.0900. The molecule has 0 fully saturated rings. The molecule has 2 aromatic carbocycles. The number of hydrogen-bond donors (Lipinski definition) is 1. The Hall–Kier alpha value is -3.54. The molecular weight excluding hydrogens is 358 g/mol. The number of carbonyl (C=O) groups is 2. The Labute approximate surface area is 163 Å². The minimum atomic E-state index is -0.535. The third-order valence-electron chi connectivity index (χ3n) is 4.14. The van der Waals surface area contributed by atoms with Gasteiger partial charge in [-0.05, 0) is 49.2 Å². The number of ether oxygens (including phenoxy) is 2. The molecule has 6 nitrogen and oxygen atoms in total. The van der Waals surface area contributed by atoms with E-state index in [0.29, 0.717) is 5.69 Å². The van der Waals surface area contributed by atoms with Gasteiger partial charge in [0.2, 0.25) is 0 Å². The Morgan fingerprint density at radius 1 is 0.929 bits per heavy atom. The Kier molecular flexibility index (Phi) is 6.11. The zero-order chi connectivity index (χ0) is 19.9. The molecule has 1 amide bonds. The van der Waals surface area contributed by atoms with Gasteiger partial charge in [-0.15, -0.1) is 0 Å². The van der Waals surface area contributed by atoms with Gasteiger partial charge in [-0.25, -0.2) is 4.79 Å². The summed E-state index contributed by atoms with van der Waals surface area (Å²) in [6.07, 6.45) is 1.41. The van der Waals surface area contributed by atoms with Gasteiger partial charge >= 0.3 is 5.97 Å². The fraction of sp³-hybridized carbons (Fsp3) is 0.182. The van der Waals surface area contributed by atoms with Crippen LogP contribution < -0.4 is 10.1 Å². The lowest BCUT2D eigenvalue weighted by atomic mass is 10.1. The van der Waals surface area contributed by atoms with Gasteiger partial charge in [0.05, 0.1) is 17.5 Å². The lowest BCUT2D eigenvalue weighted by Gasteiger charge is -2.13. The molecule has 1 N–H and O–H groups in total. The van der Waals surface area contributed by atoms with E-state index in [0.717, 1.165) is 16.9 Å². The molecule has 0 aliphatic heterocycles. The van der Waals surface area contributed by atoms with Crippen molar-refractivity contribution >= 4 is 17.6 Å². The first kappa shape index (κ1) is 19.2. The van der Waals surface area contributed by atoms with E-state index in [1.807, 2.05) is 31.2 Å². The van der Waals surface area contributed by atoms with Crippen molar-refractivity contribution in [2.75, 3.05) is 18.5 Å². The van der Waals surface area contributed by atoms with Crippen LogP contribution in [0.15, 0.2) is 65.3 Å². The van der Waals surface area contributed by atoms with Crippen LogP contribution in [0.5, 0.6) is 5.75 Å². The third-order valence-corrected chi connectivity index (χ3v) is 4.14. The average molecular weight is 379 g/mol. The van der Waals surface area contributed by atoms with Crippen molar-refractivity contribution in [3.63, 3.8) is 0 Å². The van der Waals surface area contributed by atoms with E-state index >= 15 is 0 Å². The molecule has 0 atom stereocenters. The Morgan fingerprint density at radius 3 is 2.46 bits per heavy atom.